The Bertz CT molecular complexity index is 2280. The lowest BCUT2D eigenvalue weighted by molar-refractivity contribution is -0.126. The minimum absolute atomic E-state index is 0.00501. The molecule has 0 unspecified atom stereocenters. The number of anilines is 4. The number of hydrogen-bond donors (Lipinski definition) is 2. The normalized spacial score (nSPS) is 19.3. The Labute approximate surface area is 343 Å². The molecule has 0 spiro atoms. The molecule has 60 heavy (non-hydrogen) atoms. The van der Waals surface area contributed by atoms with E-state index >= 15 is 0 Å². The van der Waals surface area contributed by atoms with Crippen LogP contribution >= 0.6 is 0 Å². The predicted molar refractivity (Wildman–Crippen MR) is 215 cm³/mol. The molecule has 3 fully saturated rings. The zero-order chi connectivity index (χ0) is 41.9. The first kappa shape index (κ1) is 39.9. The monoisotopic (exact) mass is 816 g/mol. The number of aliphatic hydroxyl groups is 1. The van der Waals surface area contributed by atoms with Crippen LogP contribution in [0.15, 0.2) is 97.1 Å². The van der Waals surface area contributed by atoms with Gasteiger partial charge in [0.15, 0.2) is 0 Å². The largest absolute Gasteiger partial charge is 0.442 e. The molecule has 17 heteroatoms. The van der Waals surface area contributed by atoms with Crippen LogP contribution in [0.1, 0.15) is 41.4 Å². The molecule has 2 N–H and O–H groups in total. The average Bonchev–Trinajstić information content (AvgIpc) is 3.85. The van der Waals surface area contributed by atoms with Gasteiger partial charge in [-0.15, -0.1) is 0 Å². The summed E-state index contributed by atoms with van der Waals surface area (Å²) in [7, 11) is 0. The van der Waals surface area contributed by atoms with Crippen LogP contribution in [0.25, 0.3) is 0 Å². The Balaban J connectivity index is 0.000000167. The van der Waals surface area contributed by atoms with E-state index in [0.29, 0.717) is 54.2 Å². The number of nitrogens with zero attached hydrogens (tertiary/aromatic N) is 5. The maximum atomic E-state index is 12.6. The lowest BCUT2D eigenvalue weighted by Crippen LogP contribution is -2.41. The van der Waals surface area contributed by atoms with Crippen molar-refractivity contribution in [2.45, 2.75) is 12.2 Å². The number of rotatable bonds is 10. The molecular weight excluding hydrogens is 777 g/mol. The molecule has 5 aliphatic heterocycles. The third-order valence-corrected chi connectivity index (χ3v) is 10.6. The zero-order valence-corrected chi connectivity index (χ0v) is 32.2. The first-order valence-electron chi connectivity index (χ1n) is 19.3. The minimum atomic E-state index is -0.919. The van der Waals surface area contributed by atoms with Crippen LogP contribution < -0.4 is 20.0 Å². The predicted octanol–water partition coefficient (Wildman–Crippen LogP) is 2.79. The zero-order valence-electron chi connectivity index (χ0n) is 32.2. The van der Waals surface area contributed by atoms with E-state index in [1.807, 2.05) is 24.3 Å². The number of fused-ring (bicyclic) bond motifs is 2. The van der Waals surface area contributed by atoms with Gasteiger partial charge in [-0.05, 0) is 72.8 Å². The highest BCUT2D eigenvalue weighted by atomic mass is 16.6. The molecular formula is C43H40N6O11. The van der Waals surface area contributed by atoms with Crippen LogP contribution in [0.2, 0.25) is 0 Å². The molecule has 17 nitrogen and oxygen atoms in total. The number of β-amino-alcohol motifs (C(OH)–C–C–N with tert-alkyl or cyclic N) is 1. The highest BCUT2D eigenvalue weighted by molar-refractivity contribution is 6.22. The van der Waals surface area contributed by atoms with Crippen molar-refractivity contribution < 1.29 is 52.9 Å². The summed E-state index contributed by atoms with van der Waals surface area (Å²) >= 11 is 0. The van der Waals surface area contributed by atoms with Crippen molar-refractivity contribution in [2.24, 2.45) is 0 Å². The Hall–Kier alpha value is -6.95. The molecule has 2 atom stereocenters. The number of carbonyl (C=O) groups is 7. The van der Waals surface area contributed by atoms with E-state index in [1.165, 1.54) is 4.90 Å². The number of nitrogens with one attached hydrogen (secondary N) is 1. The van der Waals surface area contributed by atoms with Gasteiger partial charge < -0.3 is 34.4 Å². The summed E-state index contributed by atoms with van der Waals surface area (Å²) in [6.07, 6.45) is -2.09. The van der Waals surface area contributed by atoms with Crippen molar-refractivity contribution in [3.05, 3.63) is 119 Å². The molecule has 0 aliphatic carbocycles. The van der Waals surface area contributed by atoms with Gasteiger partial charge in [0.2, 0.25) is 0 Å². The van der Waals surface area contributed by atoms with Crippen molar-refractivity contribution in [1.82, 2.24) is 9.80 Å². The highest BCUT2D eigenvalue weighted by Gasteiger charge is 2.41. The van der Waals surface area contributed by atoms with Crippen LogP contribution in [-0.2, 0) is 23.8 Å². The van der Waals surface area contributed by atoms with Gasteiger partial charge in [-0.1, -0.05) is 24.3 Å². The van der Waals surface area contributed by atoms with Crippen molar-refractivity contribution >= 4 is 64.3 Å². The van der Waals surface area contributed by atoms with Gasteiger partial charge in [0.1, 0.15) is 19.3 Å². The third kappa shape index (κ3) is 8.05. The number of amides is 7. The van der Waals surface area contributed by atoms with Gasteiger partial charge in [0, 0.05) is 42.4 Å². The lowest BCUT2D eigenvalue weighted by Gasteiger charge is -2.27. The fourth-order valence-corrected chi connectivity index (χ4v) is 7.51. The molecule has 308 valence electrons. The van der Waals surface area contributed by atoms with Crippen molar-refractivity contribution in [2.75, 3.05) is 85.7 Å². The van der Waals surface area contributed by atoms with E-state index in [0.717, 1.165) is 26.9 Å². The van der Waals surface area contributed by atoms with E-state index < -0.39 is 18.3 Å². The quantitative estimate of drug-likeness (QED) is 0.223. The van der Waals surface area contributed by atoms with Crippen molar-refractivity contribution in [1.29, 1.82) is 0 Å². The van der Waals surface area contributed by atoms with E-state index in [4.69, 9.17) is 14.2 Å². The standard InChI is InChI=1S/C22H19N3O6.C21H21N3O5/c26-19-13-30-10-9-23(19)14-5-7-15(8-6-14)24-11-16(31-22(24)29)12-25-20(27)17-3-1-2-4-18(17)21(25)28;25-16(12-24-20(27)17-3-1-2-4-18(17)21(24)28)11-22-14-5-7-15(8-6-14)23-9-10-29-13-19(23)26/h1-8,16H,9-13H2;1-8,16,22,25H,9-13H2/t2*16-/m11/s1. The van der Waals surface area contributed by atoms with Gasteiger partial charge in [-0.2, -0.15) is 0 Å². The molecule has 9 rings (SSSR count). The fourth-order valence-electron chi connectivity index (χ4n) is 7.51. The van der Waals surface area contributed by atoms with Gasteiger partial charge in [-0.25, -0.2) is 4.79 Å². The summed E-state index contributed by atoms with van der Waals surface area (Å²) in [6, 6.07) is 27.6. The summed E-state index contributed by atoms with van der Waals surface area (Å²) < 4.78 is 15.7. The van der Waals surface area contributed by atoms with E-state index in [-0.39, 0.29) is 74.8 Å². The second-order valence-electron chi connectivity index (χ2n) is 14.4. The van der Waals surface area contributed by atoms with Crippen LogP contribution in [0, 0.1) is 0 Å². The number of morpholine rings is 2. The van der Waals surface area contributed by atoms with Crippen LogP contribution in [0.4, 0.5) is 27.5 Å². The molecule has 5 aliphatic rings. The second kappa shape index (κ2) is 17.1. The summed E-state index contributed by atoms with van der Waals surface area (Å²) in [4.78, 5) is 93.1. The van der Waals surface area contributed by atoms with Crippen LogP contribution in [0.3, 0.4) is 0 Å². The number of ether oxygens (including phenoxy) is 3. The fraction of sp³-hybridized carbons (Fsp3) is 0.279. The number of imide groups is 2. The summed E-state index contributed by atoms with van der Waals surface area (Å²) in [5.74, 6) is -1.72. The number of aliphatic hydroxyl groups excluding tert-OH is 1. The molecule has 4 aromatic rings. The topological polar surface area (TPSA) is 196 Å². The van der Waals surface area contributed by atoms with Gasteiger partial charge in [-0.3, -0.25) is 43.5 Å². The average molecular weight is 817 g/mol. The third-order valence-electron chi connectivity index (χ3n) is 10.6. The number of carbonyl (C=O) groups excluding carboxylic acids is 7. The van der Waals surface area contributed by atoms with Crippen LogP contribution in [0.5, 0.6) is 0 Å². The SMILES string of the molecule is O=C1c2ccccc2C(=O)N1C[C@H](O)CNc1ccc(N2CCOCC2=O)cc1.O=C1c2ccccc2C(=O)N1C[C@H]1CN(c2ccc(N3CCOCC3=O)cc2)C(=O)O1. The molecule has 0 aromatic heterocycles. The Morgan fingerprint density at radius 1 is 0.583 bits per heavy atom. The van der Waals surface area contributed by atoms with Crippen molar-refractivity contribution in [3.8, 4) is 0 Å². The Morgan fingerprint density at radius 2 is 1.02 bits per heavy atom. The van der Waals surface area contributed by atoms with E-state index in [1.54, 1.807) is 82.6 Å². The van der Waals surface area contributed by atoms with E-state index in [2.05, 4.69) is 5.32 Å². The maximum Gasteiger partial charge on any atom is 0.414 e. The summed E-state index contributed by atoms with van der Waals surface area (Å²) in [5.41, 5.74) is 4.35. The molecule has 0 bridgehead atoms. The molecule has 4 aromatic carbocycles. The lowest BCUT2D eigenvalue weighted by atomic mass is 10.1. The van der Waals surface area contributed by atoms with Crippen LogP contribution in [-0.4, -0.2) is 134 Å². The van der Waals surface area contributed by atoms with E-state index in [9.17, 15) is 38.7 Å². The first-order valence-corrected chi connectivity index (χ1v) is 19.3. The Kier molecular flexibility index (Phi) is 11.4. The van der Waals surface area contributed by atoms with Crippen molar-refractivity contribution in [3.63, 3.8) is 0 Å². The van der Waals surface area contributed by atoms with Gasteiger partial charge in [0.25, 0.3) is 35.4 Å². The second-order valence-corrected chi connectivity index (χ2v) is 14.4. The maximum absolute atomic E-state index is 12.6. The number of hydrogen-bond acceptors (Lipinski definition) is 12. The van der Waals surface area contributed by atoms with Gasteiger partial charge >= 0.3 is 6.09 Å². The smallest absolute Gasteiger partial charge is 0.414 e. The molecule has 5 heterocycles. The molecule has 0 saturated carbocycles. The molecule has 3 saturated heterocycles. The molecule has 7 amide bonds. The summed E-state index contributed by atoms with van der Waals surface area (Å²) in [5, 5.41) is 13.4. The minimum Gasteiger partial charge on any atom is -0.442 e. The van der Waals surface area contributed by atoms with Gasteiger partial charge in [0.05, 0.1) is 61.2 Å². The number of cyclic esters (lactones) is 1. The highest BCUT2D eigenvalue weighted by Crippen LogP contribution is 2.29. The molecule has 0 radical (unpaired) electrons. The summed E-state index contributed by atoms with van der Waals surface area (Å²) in [6.45, 7) is 2.42. The Morgan fingerprint density at radius 3 is 1.48 bits per heavy atom. The number of benzene rings is 4. The first-order chi connectivity index (χ1) is 29.1.